The summed E-state index contributed by atoms with van der Waals surface area (Å²) in [6, 6.07) is 2.37. The Labute approximate surface area is 153 Å². The zero-order valence-electron chi connectivity index (χ0n) is 14.3. The summed E-state index contributed by atoms with van der Waals surface area (Å²) in [7, 11) is 3.86. The molecule has 1 aliphatic heterocycles. The van der Waals surface area contributed by atoms with E-state index in [1.807, 2.05) is 19.0 Å². The van der Waals surface area contributed by atoms with Crippen LogP contribution < -0.4 is 15.4 Å². The van der Waals surface area contributed by atoms with Gasteiger partial charge in [0.15, 0.2) is 0 Å². The number of non-ortho nitro benzene ring substituents is 1. The predicted octanol–water partition coefficient (Wildman–Crippen LogP) is 2.76. The number of alkyl halides is 2. The first kappa shape index (κ1) is 20.2. The van der Waals surface area contributed by atoms with Crippen molar-refractivity contribution in [3.63, 3.8) is 0 Å². The lowest BCUT2D eigenvalue weighted by Crippen LogP contribution is -2.53. The van der Waals surface area contributed by atoms with Crippen LogP contribution in [0.25, 0.3) is 0 Å². The second-order valence-electron chi connectivity index (χ2n) is 6.05. The third-order valence-electron chi connectivity index (χ3n) is 4.25. The molecule has 1 fully saturated rings. The molecule has 1 atom stereocenters. The van der Waals surface area contributed by atoms with Gasteiger partial charge in [-0.1, -0.05) is 0 Å². The predicted molar refractivity (Wildman–Crippen MR) is 95.1 cm³/mol. The lowest BCUT2D eigenvalue weighted by atomic mass is 9.97. The van der Waals surface area contributed by atoms with Gasteiger partial charge in [-0.2, -0.15) is 20.5 Å². The number of nitro groups is 1. The van der Waals surface area contributed by atoms with Gasteiger partial charge in [-0.05, 0) is 32.3 Å². The smallest absolute Gasteiger partial charge is 0.387 e. The van der Waals surface area contributed by atoms with E-state index in [0.717, 1.165) is 36.1 Å². The largest absolute Gasteiger partial charge is 0.433 e. The van der Waals surface area contributed by atoms with Gasteiger partial charge in [-0.3, -0.25) is 10.1 Å². The molecule has 1 aromatic rings. The molecule has 0 aromatic heterocycles. The van der Waals surface area contributed by atoms with Crippen molar-refractivity contribution in [2.45, 2.75) is 18.6 Å². The van der Waals surface area contributed by atoms with Crippen LogP contribution in [0.3, 0.4) is 0 Å². The number of nitrogens with one attached hydrogen (secondary N) is 2. The molecule has 2 amide bonds. The summed E-state index contributed by atoms with van der Waals surface area (Å²) in [4.78, 5) is 24.4. The lowest BCUT2D eigenvalue weighted by Gasteiger charge is -2.35. The van der Waals surface area contributed by atoms with Gasteiger partial charge >= 0.3 is 12.6 Å². The number of hydrogen-bond acceptors (Lipinski definition) is 6. The number of likely N-dealkylation sites (N-methyl/N-ethyl adjacent to an activating group) is 1. The fourth-order valence-corrected chi connectivity index (χ4v) is 4.14. The van der Waals surface area contributed by atoms with Crippen molar-refractivity contribution in [1.29, 1.82) is 0 Å². The van der Waals surface area contributed by atoms with Crippen LogP contribution in [-0.4, -0.2) is 60.2 Å². The van der Waals surface area contributed by atoms with Gasteiger partial charge in [0, 0.05) is 30.0 Å². The summed E-state index contributed by atoms with van der Waals surface area (Å²) in [6.07, 6.45) is 0.904. The lowest BCUT2D eigenvalue weighted by molar-refractivity contribution is -0.384. The van der Waals surface area contributed by atoms with Crippen molar-refractivity contribution in [3.8, 4) is 5.75 Å². The highest BCUT2D eigenvalue weighted by Crippen LogP contribution is 2.32. The minimum atomic E-state index is -3.12. The molecular weight excluding hydrogens is 370 g/mol. The maximum atomic E-state index is 12.5. The minimum absolute atomic E-state index is 0.188. The number of urea groups is 1. The Morgan fingerprint density at radius 2 is 2.23 bits per heavy atom. The molecule has 26 heavy (non-hydrogen) atoms. The first-order valence-electron chi connectivity index (χ1n) is 7.77. The van der Waals surface area contributed by atoms with E-state index in [0.29, 0.717) is 6.54 Å². The SMILES string of the molecule is CN(C)[C@]1(CNC(=O)Nc2cc([N+](=O)[O-])ccc2OC(F)F)CCSC1. The molecule has 0 unspecified atom stereocenters. The van der Waals surface area contributed by atoms with Gasteiger partial charge < -0.3 is 20.3 Å². The van der Waals surface area contributed by atoms with Crippen molar-refractivity contribution in [3.05, 3.63) is 28.3 Å². The van der Waals surface area contributed by atoms with E-state index >= 15 is 0 Å². The number of anilines is 1. The van der Waals surface area contributed by atoms with Gasteiger partial charge in [-0.15, -0.1) is 0 Å². The number of ether oxygens (including phenoxy) is 1. The van der Waals surface area contributed by atoms with E-state index in [9.17, 15) is 23.7 Å². The highest BCUT2D eigenvalue weighted by Gasteiger charge is 2.36. The van der Waals surface area contributed by atoms with Crippen LogP contribution in [0.1, 0.15) is 6.42 Å². The number of halogens is 2. The Morgan fingerprint density at radius 1 is 1.50 bits per heavy atom. The normalized spacial score (nSPS) is 19.6. The van der Waals surface area contributed by atoms with E-state index in [-0.39, 0.29) is 22.7 Å². The van der Waals surface area contributed by atoms with E-state index < -0.39 is 17.6 Å². The maximum Gasteiger partial charge on any atom is 0.387 e. The maximum absolute atomic E-state index is 12.5. The van der Waals surface area contributed by atoms with E-state index in [2.05, 4.69) is 15.4 Å². The monoisotopic (exact) mass is 390 g/mol. The molecule has 2 rings (SSSR count). The van der Waals surface area contributed by atoms with Crippen LogP contribution in [-0.2, 0) is 0 Å². The number of carbonyl (C=O) groups excluding carboxylic acids is 1. The topological polar surface area (TPSA) is 96.7 Å². The molecule has 0 spiro atoms. The number of hydrogen-bond donors (Lipinski definition) is 2. The fraction of sp³-hybridized carbons (Fsp3) is 0.533. The Balaban J connectivity index is 2.09. The zero-order chi connectivity index (χ0) is 19.3. The molecule has 0 saturated carbocycles. The van der Waals surface area contributed by atoms with Crippen molar-refractivity contribution in [1.82, 2.24) is 10.2 Å². The van der Waals surface area contributed by atoms with Crippen molar-refractivity contribution in [2.75, 3.05) is 37.5 Å². The third-order valence-corrected chi connectivity index (χ3v) is 5.48. The highest BCUT2D eigenvalue weighted by atomic mass is 32.2. The first-order chi connectivity index (χ1) is 12.2. The highest BCUT2D eigenvalue weighted by molar-refractivity contribution is 7.99. The number of nitro benzene ring substituents is 1. The molecule has 0 aliphatic carbocycles. The summed E-state index contributed by atoms with van der Waals surface area (Å²) < 4.78 is 29.3. The Kier molecular flexibility index (Phi) is 6.59. The van der Waals surface area contributed by atoms with Gasteiger partial charge in [0.25, 0.3) is 5.69 Å². The zero-order valence-corrected chi connectivity index (χ0v) is 15.1. The van der Waals surface area contributed by atoms with E-state index in [4.69, 9.17) is 0 Å². The van der Waals surface area contributed by atoms with Gasteiger partial charge in [0.05, 0.1) is 10.6 Å². The molecule has 8 nitrogen and oxygen atoms in total. The molecule has 11 heteroatoms. The standard InChI is InChI=1S/C15H20F2N4O4S/c1-20(2)15(5-6-26-9-15)8-18-14(22)19-11-7-10(21(23)24)3-4-12(11)25-13(16)17/h3-4,7,13H,5-6,8-9H2,1-2H3,(H2,18,19,22)/t15-/m0/s1. The second kappa shape index (κ2) is 8.49. The first-order valence-corrected chi connectivity index (χ1v) is 8.92. The molecule has 0 bridgehead atoms. The van der Waals surface area contributed by atoms with Crippen LogP contribution in [0.15, 0.2) is 18.2 Å². The van der Waals surface area contributed by atoms with E-state index in [1.165, 1.54) is 0 Å². The Morgan fingerprint density at radius 3 is 2.77 bits per heavy atom. The number of rotatable bonds is 7. The number of nitrogens with zero attached hydrogens (tertiary/aromatic N) is 2. The molecular formula is C15H20F2N4O4S. The average Bonchev–Trinajstić information content (AvgIpc) is 3.04. The molecule has 1 heterocycles. The van der Waals surface area contributed by atoms with Crippen LogP contribution in [0, 0.1) is 10.1 Å². The Hall–Kier alpha value is -2.14. The van der Waals surface area contributed by atoms with Crippen molar-refractivity contribution < 1.29 is 23.2 Å². The summed E-state index contributed by atoms with van der Waals surface area (Å²) in [5.74, 6) is 1.50. The molecule has 0 radical (unpaired) electrons. The molecule has 1 aromatic carbocycles. The number of benzene rings is 1. The molecule has 2 N–H and O–H groups in total. The van der Waals surface area contributed by atoms with Crippen molar-refractivity contribution in [2.24, 2.45) is 0 Å². The van der Waals surface area contributed by atoms with E-state index in [1.54, 1.807) is 11.8 Å². The third kappa shape index (κ3) is 4.94. The quantitative estimate of drug-likeness (QED) is 0.549. The fourth-order valence-electron chi connectivity index (χ4n) is 2.59. The van der Waals surface area contributed by atoms with Crippen molar-refractivity contribution >= 4 is 29.2 Å². The number of carbonyl (C=O) groups is 1. The molecule has 144 valence electrons. The average molecular weight is 390 g/mol. The van der Waals surface area contributed by atoms with Crippen LogP contribution >= 0.6 is 11.8 Å². The Bertz CT molecular complexity index is 669. The van der Waals surface area contributed by atoms with Gasteiger partial charge in [0.2, 0.25) is 0 Å². The summed E-state index contributed by atoms with van der Waals surface area (Å²) in [5, 5.41) is 15.9. The van der Waals surface area contributed by atoms with Gasteiger partial charge in [-0.25, -0.2) is 4.79 Å². The molecule has 1 saturated heterocycles. The van der Waals surface area contributed by atoms with Crippen LogP contribution in [0.2, 0.25) is 0 Å². The second-order valence-corrected chi connectivity index (χ2v) is 7.15. The summed E-state index contributed by atoms with van der Waals surface area (Å²) in [6.45, 7) is -2.76. The van der Waals surface area contributed by atoms with Crippen LogP contribution in [0.4, 0.5) is 25.0 Å². The summed E-state index contributed by atoms with van der Waals surface area (Å²) in [5.41, 5.74) is -0.733. The number of thioether (sulfide) groups is 1. The van der Waals surface area contributed by atoms with Crippen LogP contribution in [0.5, 0.6) is 5.75 Å². The minimum Gasteiger partial charge on any atom is -0.433 e. The molecule has 1 aliphatic rings. The summed E-state index contributed by atoms with van der Waals surface area (Å²) >= 11 is 1.79. The van der Waals surface area contributed by atoms with Gasteiger partial charge in [0.1, 0.15) is 5.75 Å². The number of amides is 2.